The van der Waals surface area contributed by atoms with Gasteiger partial charge in [-0.25, -0.2) is 14.6 Å². The molecule has 2 aliphatic heterocycles. The van der Waals surface area contributed by atoms with Gasteiger partial charge in [0, 0.05) is 17.0 Å². The number of nitrogens with one attached hydrogen (secondary N) is 2. The Morgan fingerprint density at radius 1 is 0.947 bits per heavy atom. The maximum atomic E-state index is 14.2. The Bertz CT molecular complexity index is 2120. The van der Waals surface area contributed by atoms with E-state index in [1.54, 1.807) is 38.3 Å². The van der Waals surface area contributed by atoms with Gasteiger partial charge in [0.15, 0.2) is 10.8 Å². The van der Waals surface area contributed by atoms with Gasteiger partial charge in [0.2, 0.25) is 5.60 Å². The third-order valence-electron chi connectivity index (χ3n) is 9.03. The molecular formula is C42H42ClN5O7S2. The second kappa shape index (κ2) is 17.0. The van der Waals surface area contributed by atoms with Crippen LogP contribution in [0.15, 0.2) is 125 Å². The topological polar surface area (TPSA) is 160 Å². The third kappa shape index (κ3) is 8.78. The van der Waals surface area contributed by atoms with Crippen molar-refractivity contribution >= 4 is 69.3 Å². The maximum absolute atomic E-state index is 14.2. The van der Waals surface area contributed by atoms with Gasteiger partial charge in [0.05, 0.1) is 0 Å². The van der Waals surface area contributed by atoms with Crippen molar-refractivity contribution in [3.8, 4) is 0 Å². The predicted octanol–water partition coefficient (Wildman–Crippen LogP) is 6.92. The van der Waals surface area contributed by atoms with Crippen LogP contribution in [0.1, 0.15) is 57.0 Å². The number of carboxylic acid groups (broad SMARTS) is 1. The van der Waals surface area contributed by atoms with E-state index in [4.69, 9.17) is 26.2 Å². The molecule has 1 unspecified atom stereocenters. The van der Waals surface area contributed by atoms with Gasteiger partial charge in [-0.15, -0.1) is 34.7 Å². The molecule has 0 saturated carbocycles. The fourth-order valence-electron chi connectivity index (χ4n) is 6.35. The zero-order valence-corrected chi connectivity index (χ0v) is 34.3. The van der Waals surface area contributed by atoms with Crippen LogP contribution >= 0.6 is 34.7 Å². The standard InChI is InChI=1S/C42H42ClN5O7S2/c1-40(2,3)54-38(53)41(4,5)55-47-31(34(49)45-32-35(50)48-33(37(51)52)26(16-15-23-43)24-56-36(32)48)30-25-57-39(44-30)46-42(27-17-9-6-10-18-27,28-19-11-7-12-20-28)29-21-13-8-14-22-29/h6-22,25,32,36H,23-24H2,1-5H3,(H,44,46)(H,45,49)(H,51,52)/t32?,36-/m0/s1. The minimum atomic E-state index is -1.63. The normalized spacial score (nSPS) is 17.5. The second-order valence-electron chi connectivity index (χ2n) is 14.7. The summed E-state index contributed by atoms with van der Waals surface area (Å²) in [6.07, 6.45) is 3.19. The van der Waals surface area contributed by atoms with E-state index in [1.807, 2.05) is 91.0 Å². The summed E-state index contributed by atoms with van der Waals surface area (Å²) in [5.41, 5.74) is -0.529. The Kier molecular flexibility index (Phi) is 12.3. The third-order valence-corrected chi connectivity index (χ3v) is 11.3. The molecule has 2 atom stereocenters. The molecule has 0 bridgehead atoms. The number of rotatable bonds is 14. The highest BCUT2D eigenvalue weighted by molar-refractivity contribution is 8.00. The molecule has 15 heteroatoms. The molecule has 1 saturated heterocycles. The lowest BCUT2D eigenvalue weighted by Gasteiger charge is -2.49. The summed E-state index contributed by atoms with van der Waals surface area (Å²) >= 11 is 8.31. The molecule has 3 N–H and O–H groups in total. The number of allylic oxidation sites excluding steroid dienone is 2. The number of ether oxygens (including phenoxy) is 1. The van der Waals surface area contributed by atoms with Gasteiger partial charge in [-0.2, -0.15) is 0 Å². The van der Waals surface area contributed by atoms with Gasteiger partial charge in [-0.05, 0) is 56.9 Å². The average molecular weight is 828 g/mol. The lowest BCUT2D eigenvalue weighted by molar-refractivity contribution is -0.179. The lowest BCUT2D eigenvalue weighted by Crippen LogP contribution is -2.71. The molecule has 1 aromatic heterocycles. The molecule has 3 heterocycles. The minimum Gasteiger partial charge on any atom is -0.477 e. The van der Waals surface area contributed by atoms with E-state index in [-0.39, 0.29) is 28.7 Å². The summed E-state index contributed by atoms with van der Waals surface area (Å²) in [5.74, 6) is -2.97. The van der Waals surface area contributed by atoms with Crippen molar-refractivity contribution < 1.29 is 33.9 Å². The number of alkyl halides is 1. The number of esters is 1. The number of thiazole rings is 1. The number of amides is 2. The number of carboxylic acids is 1. The number of fused-ring (bicyclic) bond motifs is 1. The highest BCUT2D eigenvalue weighted by Gasteiger charge is 2.54. The van der Waals surface area contributed by atoms with E-state index in [9.17, 15) is 24.3 Å². The average Bonchev–Trinajstić information content (AvgIpc) is 3.65. The molecule has 6 rings (SSSR count). The Morgan fingerprint density at radius 2 is 1.51 bits per heavy atom. The first kappa shape index (κ1) is 41.2. The first-order chi connectivity index (χ1) is 27.2. The first-order valence-electron chi connectivity index (χ1n) is 18.0. The molecule has 2 aliphatic rings. The van der Waals surface area contributed by atoms with Crippen molar-refractivity contribution in [1.29, 1.82) is 0 Å². The van der Waals surface area contributed by atoms with Gasteiger partial charge < -0.3 is 25.3 Å². The molecule has 3 aromatic carbocycles. The number of β-lactam (4-membered cyclic amide) rings is 1. The molecule has 1 fully saturated rings. The Labute approximate surface area is 344 Å². The largest absolute Gasteiger partial charge is 0.477 e. The van der Waals surface area contributed by atoms with E-state index >= 15 is 0 Å². The Balaban J connectivity index is 1.37. The molecule has 0 radical (unpaired) electrons. The van der Waals surface area contributed by atoms with E-state index < -0.39 is 51.9 Å². The van der Waals surface area contributed by atoms with Gasteiger partial charge in [0.25, 0.3) is 11.8 Å². The number of hydrogen-bond acceptors (Lipinski definition) is 11. The van der Waals surface area contributed by atoms with Crippen LogP contribution in [-0.4, -0.2) is 78.7 Å². The summed E-state index contributed by atoms with van der Waals surface area (Å²) in [7, 11) is 0. The maximum Gasteiger partial charge on any atom is 0.353 e. The molecule has 296 valence electrons. The molecular weight excluding hydrogens is 786 g/mol. The lowest BCUT2D eigenvalue weighted by atomic mass is 9.77. The van der Waals surface area contributed by atoms with Crippen LogP contribution in [0.5, 0.6) is 0 Å². The number of anilines is 1. The van der Waals surface area contributed by atoms with Crippen LogP contribution in [-0.2, 0) is 34.3 Å². The number of thioether (sulfide) groups is 1. The van der Waals surface area contributed by atoms with Crippen LogP contribution in [0.2, 0.25) is 0 Å². The number of oxime groups is 1. The number of benzene rings is 3. The number of aromatic nitrogens is 1. The number of carbonyl (C=O) groups excluding carboxylic acids is 3. The molecule has 0 spiro atoms. The van der Waals surface area contributed by atoms with E-state index in [0.717, 1.165) is 21.6 Å². The molecule has 2 amide bonds. The molecule has 57 heavy (non-hydrogen) atoms. The monoisotopic (exact) mass is 827 g/mol. The van der Waals surface area contributed by atoms with Crippen LogP contribution in [0.25, 0.3) is 0 Å². The summed E-state index contributed by atoms with van der Waals surface area (Å²) in [4.78, 5) is 64.9. The quantitative estimate of drug-likeness (QED) is 0.0304. The van der Waals surface area contributed by atoms with Gasteiger partial charge >= 0.3 is 11.9 Å². The number of hydrogen-bond donors (Lipinski definition) is 3. The minimum absolute atomic E-state index is 0.0996. The Hall–Kier alpha value is -5.44. The van der Waals surface area contributed by atoms with Crippen LogP contribution in [0, 0.1) is 0 Å². The van der Waals surface area contributed by atoms with Gasteiger partial charge in [-0.1, -0.05) is 108 Å². The van der Waals surface area contributed by atoms with E-state index in [0.29, 0.717) is 10.7 Å². The first-order valence-corrected chi connectivity index (χ1v) is 20.5. The number of halogens is 1. The molecule has 0 aliphatic carbocycles. The number of aliphatic carboxylic acids is 1. The highest BCUT2D eigenvalue weighted by atomic mass is 35.5. The van der Waals surface area contributed by atoms with Crippen molar-refractivity contribution in [1.82, 2.24) is 15.2 Å². The van der Waals surface area contributed by atoms with Crippen molar-refractivity contribution in [3.05, 3.63) is 142 Å². The summed E-state index contributed by atoms with van der Waals surface area (Å²) in [6.45, 7) is 8.08. The highest BCUT2D eigenvalue weighted by Crippen LogP contribution is 2.42. The summed E-state index contributed by atoms with van der Waals surface area (Å²) in [5, 5.41) is 22.0. The van der Waals surface area contributed by atoms with Crippen molar-refractivity contribution in [2.45, 2.75) is 62.8 Å². The van der Waals surface area contributed by atoms with Crippen LogP contribution < -0.4 is 10.6 Å². The van der Waals surface area contributed by atoms with E-state index in [1.165, 1.54) is 36.9 Å². The number of carbonyl (C=O) groups is 4. The van der Waals surface area contributed by atoms with Crippen LogP contribution in [0.3, 0.4) is 0 Å². The SMILES string of the molecule is CC(C)(C)OC(=O)C(C)(C)ON=C(C(=O)NC1C(=O)N2C(C(=O)O)=C(C=CCCl)CS[C@@H]12)c1csc(NC(c2ccccc2)(c2ccccc2)c2ccccc2)n1. The molecule has 12 nitrogen and oxygen atoms in total. The molecule has 4 aromatic rings. The van der Waals surface area contributed by atoms with Crippen molar-refractivity contribution in [3.63, 3.8) is 0 Å². The van der Waals surface area contributed by atoms with E-state index in [2.05, 4.69) is 15.8 Å². The number of nitrogens with zero attached hydrogens (tertiary/aromatic N) is 3. The van der Waals surface area contributed by atoms with Crippen molar-refractivity contribution in [2.24, 2.45) is 5.16 Å². The van der Waals surface area contributed by atoms with Crippen molar-refractivity contribution in [2.75, 3.05) is 16.9 Å². The zero-order chi connectivity index (χ0) is 41.0. The smallest absolute Gasteiger partial charge is 0.353 e. The van der Waals surface area contributed by atoms with Gasteiger partial charge in [-0.3, -0.25) is 14.5 Å². The van der Waals surface area contributed by atoms with Gasteiger partial charge in [0.1, 0.15) is 33.9 Å². The zero-order valence-electron chi connectivity index (χ0n) is 31.9. The fourth-order valence-corrected chi connectivity index (χ4v) is 8.51. The Morgan fingerprint density at radius 3 is 2.02 bits per heavy atom. The second-order valence-corrected chi connectivity index (χ2v) is 16.9. The summed E-state index contributed by atoms with van der Waals surface area (Å²) < 4.78 is 5.54. The summed E-state index contributed by atoms with van der Waals surface area (Å²) in [6, 6.07) is 28.7. The van der Waals surface area contributed by atoms with Crippen LogP contribution in [0.4, 0.5) is 5.13 Å². The fraction of sp³-hybridized carbons (Fsp3) is 0.286. The predicted molar refractivity (Wildman–Crippen MR) is 222 cm³/mol.